The first-order valence-electron chi connectivity index (χ1n) is 21.8. The third-order valence-electron chi connectivity index (χ3n) is 14.8. The van der Waals surface area contributed by atoms with E-state index in [1.54, 1.807) is 0 Å². The molecule has 4 aromatic rings. The lowest BCUT2D eigenvalue weighted by molar-refractivity contribution is -0.136. The number of alkyl halides is 2. The van der Waals surface area contributed by atoms with Crippen LogP contribution in [0.15, 0.2) is 48.5 Å². The van der Waals surface area contributed by atoms with E-state index in [1.165, 1.54) is 17.0 Å². The first-order valence-corrected chi connectivity index (χ1v) is 21.8. The van der Waals surface area contributed by atoms with Crippen molar-refractivity contribution in [3.8, 4) is 0 Å². The number of nitrogens with one attached hydrogen (secondary N) is 2. The van der Waals surface area contributed by atoms with Crippen LogP contribution >= 0.6 is 0 Å². The molecule has 2 N–H and O–H groups in total. The number of H-pyrrole nitrogens is 1. The van der Waals surface area contributed by atoms with Crippen molar-refractivity contribution in [2.24, 2.45) is 11.3 Å². The van der Waals surface area contributed by atoms with E-state index in [-0.39, 0.29) is 29.9 Å². The van der Waals surface area contributed by atoms with Crippen molar-refractivity contribution in [2.45, 2.75) is 109 Å². The van der Waals surface area contributed by atoms with Gasteiger partial charge in [-0.25, -0.2) is 17.6 Å². The molecule has 1 unspecified atom stereocenters. The lowest BCUT2D eigenvalue weighted by Gasteiger charge is -2.46. The van der Waals surface area contributed by atoms with Crippen molar-refractivity contribution in [1.82, 2.24) is 29.9 Å². The van der Waals surface area contributed by atoms with E-state index < -0.39 is 60.3 Å². The molecule has 14 heteroatoms. The van der Waals surface area contributed by atoms with Crippen LogP contribution in [0.3, 0.4) is 0 Å². The van der Waals surface area contributed by atoms with E-state index in [0.29, 0.717) is 54.4 Å². The number of nitrogens with zero attached hydrogens (tertiary/aromatic N) is 4. The molecule has 1 saturated carbocycles. The van der Waals surface area contributed by atoms with Crippen molar-refractivity contribution >= 4 is 34.5 Å². The highest BCUT2D eigenvalue weighted by Gasteiger charge is 2.46. The summed E-state index contributed by atoms with van der Waals surface area (Å²) in [5, 5.41) is 3.19. The third kappa shape index (κ3) is 7.17. The van der Waals surface area contributed by atoms with Crippen LogP contribution in [-0.4, -0.2) is 92.9 Å². The molecular weight excluding hydrogens is 789 g/mol. The molecule has 2 saturated heterocycles. The van der Waals surface area contributed by atoms with Crippen LogP contribution in [0.4, 0.5) is 17.6 Å². The molecule has 5 aliphatic heterocycles. The highest BCUT2D eigenvalue weighted by atomic mass is 19.3. The van der Waals surface area contributed by atoms with E-state index in [1.807, 2.05) is 43.3 Å². The smallest absolute Gasteiger partial charge is 0.262 e. The number of para-hydroxylation sites is 1. The second kappa shape index (κ2) is 15.5. The Bertz CT molecular complexity index is 2380. The lowest BCUT2D eigenvalue weighted by Crippen LogP contribution is -2.54. The molecule has 0 radical (unpaired) electrons. The van der Waals surface area contributed by atoms with Crippen LogP contribution in [-0.2, 0) is 35.6 Å². The fraction of sp³-hybridized carbons (Fsp3) is 0.489. The number of piperidine rings is 2. The monoisotopic (exact) mass is 838 g/mol. The van der Waals surface area contributed by atoms with E-state index in [2.05, 4.69) is 20.1 Å². The number of benzene rings is 3. The molecule has 6 heterocycles. The largest absolute Gasteiger partial charge is 0.357 e. The van der Waals surface area contributed by atoms with E-state index in [4.69, 9.17) is 0 Å². The SMILES string of the molecule is C[C@@H]1Cc2c([nH]c3ccccc23)[C@H](c2c(F)cc(CN3CCC4(CCC(CN5Cc6cc7c(cc6C5)C(=O)N(C5CCC(=O)NC5=O)C7=O)CC4)CC3)cc2F)N1CC(F)F. The second-order valence-corrected chi connectivity index (χ2v) is 18.6. The molecular formula is C47H50F4N6O4. The Morgan fingerprint density at radius 1 is 0.836 bits per heavy atom. The maximum absolute atomic E-state index is 16.2. The average Bonchev–Trinajstić information content (AvgIpc) is 3.87. The Morgan fingerprint density at radius 3 is 2.13 bits per heavy atom. The summed E-state index contributed by atoms with van der Waals surface area (Å²) in [4.78, 5) is 61.4. The summed E-state index contributed by atoms with van der Waals surface area (Å²) >= 11 is 0. The van der Waals surface area contributed by atoms with Gasteiger partial charge in [0.25, 0.3) is 18.2 Å². The molecule has 6 aliphatic rings. The Balaban J connectivity index is 0.744. The quantitative estimate of drug-likeness (QED) is 0.142. The Hall–Kier alpha value is -4.92. The van der Waals surface area contributed by atoms with Gasteiger partial charge in [0.05, 0.1) is 23.7 Å². The van der Waals surface area contributed by atoms with Crippen LogP contribution < -0.4 is 5.32 Å². The van der Waals surface area contributed by atoms with Crippen LogP contribution in [0.1, 0.15) is 119 Å². The number of fused-ring (bicyclic) bond motifs is 5. The minimum atomic E-state index is -2.66. The number of imide groups is 2. The highest BCUT2D eigenvalue weighted by Crippen LogP contribution is 2.48. The number of aromatic nitrogens is 1. The molecule has 1 spiro atoms. The first kappa shape index (κ1) is 40.2. The van der Waals surface area contributed by atoms with Gasteiger partial charge in [-0.3, -0.25) is 44.1 Å². The van der Waals surface area contributed by atoms with Crippen LogP contribution in [0, 0.1) is 23.0 Å². The van der Waals surface area contributed by atoms with Gasteiger partial charge in [0.1, 0.15) is 17.7 Å². The summed E-state index contributed by atoms with van der Waals surface area (Å²) in [6.07, 6.45) is 4.58. The van der Waals surface area contributed by atoms with E-state index in [9.17, 15) is 28.0 Å². The molecule has 3 fully saturated rings. The summed E-state index contributed by atoms with van der Waals surface area (Å²) in [5.74, 6) is -2.87. The van der Waals surface area contributed by atoms with Crippen LogP contribution in [0.2, 0.25) is 0 Å². The van der Waals surface area contributed by atoms with E-state index >= 15 is 8.78 Å². The number of halogens is 4. The van der Waals surface area contributed by atoms with E-state index in [0.717, 1.165) is 90.7 Å². The number of amides is 4. The summed E-state index contributed by atoms with van der Waals surface area (Å²) in [5.41, 5.74) is 5.62. The van der Waals surface area contributed by atoms with Crippen LogP contribution in [0.25, 0.3) is 10.9 Å². The molecule has 10 nitrogen and oxygen atoms in total. The second-order valence-electron chi connectivity index (χ2n) is 18.6. The predicted octanol–water partition coefficient (Wildman–Crippen LogP) is 7.24. The van der Waals surface area contributed by atoms with Gasteiger partial charge in [-0.05, 0) is 135 Å². The molecule has 1 aromatic heterocycles. The Morgan fingerprint density at radius 2 is 1.49 bits per heavy atom. The number of carbonyl (C=O) groups is 4. The molecule has 3 aromatic carbocycles. The Labute approximate surface area is 351 Å². The maximum atomic E-state index is 16.2. The molecule has 320 valence electrons. The van der Waals surface area contributed by atoms with Crippen molar-refractivity contribution in [3.63, 3.8) is 0 Å². The standard InChI is InChI=1S/C47H50F4N6O4/c1-26-16-32-31-4-2-3-5-37(31)52-42(32)43(56(26)25-39(50)51)41-35(48)17-28(18-36(41)49)22-54-14-12-47(13-15-54)10-8-27(9-11-47)21-55-23-29-19-33-34(20-30(29)24-55)46(61)57(45(33)60)38-6-7-40(58)53-44(38)59/h2-5,17-20,26-27,38-39,43,52H,6-16,21-25H2,1H3,(H,53,58,59)/t26-,38?,43+/m1/s1. The number of carbonyl (C=O) groups excluding carboxylic acids is 4. The average molecular weight is 839 g/mol. The summed E-state index contributed by atoms with van der Waals surface area (Å²) < 4.78 is 60.3. The fourth-order valence-electron chi connectivity index (χ4n) is 11.6. The lowest BCUT2D eigenvalue weighted by atomic mass is 9.65. The molecule has 10 rings (SSSR count). The normalized spacial score (nSPS) is 24.9. The highest BCUT2D eigenvalue weighted by molar-refractivity contribution is 6.23. The molecule has 4 amide bonds. The molecule has 3 atom stereocenters. The zero-order valence-corrected chi connectivity index (χ0v) is 34.3. The van der Waals surface area contributed by atoms with Crippen molar-refractivity contribution in [2.75, 3.05) is 26.2 Å². The number of aromatic amines is 1. The number of hydrogen-bond acceptors (Lipinski definition) is 7. The molecule has 61 heavy (non-hydrogen) atoms. The molecule has 1 aliphatic carbocycles. The third-order valence-corrected chi connectivity index (χ3v) is 14.8. The Kier molecular flexibility index (Phi) is 10.2. The van der Waals surface area contributed by atoms with Gasteiger partial charge in [0.2, 0.25) is 11.8 Å². The zero-order chi connectivity index (χ0) is 42.3. The number of hydrogen-bond donors (Lipinski definition) is 2. The van der Waals surface area contributed by atoms with Crippen LogP contribution in [0.5, 0.6) is 0 Å². The molecule has 0 bridgehead atoms. The fourth-order valence-corrected chi connectivity index (χ4v) is 11.6. The minimum Gasteiger partial charge on any atom is -0.357 e. The van der Waals surface area contributed by atoms with Crippen molar-refractivity contribution < 1.29 is 36.7 Å². The van der Waals surface area contributed by atoms with Gasteiger partial charge in [-0.15, -0.1) is 0 Å². The maximum Gasteiger partial charge on any atom is 0.262 e. The zero-order valence-electron chi connectivity index (χ0n) is 34.3. The van der Waals surface area contributed by atoms with Gasteiger partial charge in [0.15, 0.2) is 0 Å². The van der Waals surface area contributed by atoms with Crippen molar-refractivity contribution in [1.29, 1.82) is 0 Å². The summed E-state index contributed by atoms with van der Waals surface area (Å²) in [6.45, 7) is 5.65. The van der Waals surface area contributed by atoms with Crippen molar-refractivity contribution in [3.05, 3.63) is 105 Å². The van der Waals surface area contributed by atoms with Gasteiger partial charge in [-0.2, -0.15) is 0 Å². The number of likely N-dealkylation sites (tertiary alicyclic amines) is 1. The summed E-state index contributed by atoms with van der Waals surface area (Å²) in [7, 11) is 0. The minimum absolute atomic E-state index is 0.0844. The van der Waals surface area contributed by atoms with Gasteiger partial charge >= 0.3 is 0 Å². The number of rotatable bonds is 8. The predicted molar refractivity (Wildman–Crippen MR) is 219 cm³/mol. The van der Waals surface area contributed by atoms with Gasteiger partial charge in [0, 0.05) is 60.8 Å². The first-order chi connectivity index (χ1) is 29.3. The summed E-state index contributed by atoms with van der Waals surface area (Å²) in [6, 6.07) is 11.7. The topological polar surface area (TPSA) is 109 Å². The van der Waals surface area contributed by atoms with Gasteiger partial charge in [-0.1, -0.05) is 18.2 Å². The van der Waals surface area contributed by atoms with Gasteiger partial charge < -0.3 is 4.98 Å².